The van der Waals surface area contributed by atoms with Crippen molar-refractivity contribution in [1.82, 2.24) is 0 Å². The minimum atomic E-state index is -0.521. The number of hydrogen-bond donors (Lipinski definition) is 2. The number of carbonyl (C=O) groups is 2. The number of amides is 2. The van der Waals surface area contributed by atoms with Crippen LogP contribution in [0.4, 0.5) is 5.69 Å². The first-order valence-electron chi connectivity index (χ1n) is 6.54. The lowest BCUT2D eigenvalue weighted by molar-refractivity contribution is 0.0998. The summed E-state index contributed by atoms with van der Waals surface area (Å²) in [4.78, 5) is 23.8. The van der Waals surface area contributed by atoms with E-state index in [4.69, 9.17) is 28.9 Å². The third kappa shape index (κ3) is 3.17. The molecule has 23 heavy (non-hydrogen) atoms. The van der Waals surface area contributed by atoms with E-state index in [1.54, 1.807) is 42.5 Å². The fourth-order valence-electron chi connectivity index (χ4n) is 2.09. The van der Waals surface area contributed by atoms with Gasteiger partial charge in [0.1, 0.15) is 4.88 Å². The molecule has 1 aromatic heterocycles. The molecule has 0 aliphatic rings. The lowest BCUT2D eigenvalue weighted by Gasteiger charge is -2.04. The number of hydrogen-bond acceptors (Lipinski definition) is 3. The zero-order valence-corrected chi connectivity index (χ0v) is 13.9. The Hall–Kier alpha value is -2.08. The van der Waals surface area contributed by atoms with Crippen molar-refractivity contribution in [3.63, 3.8) is 0 Å². The second kappa shape index (κ2) is 6.20. The van der Waals surface area contributed by atoms with E-state index in [1.165, 1.54) is 11.3 Å². The van der Waals surface area contributed by atoms with E-state index in [0.29, 0.717) is 26.2 Å². The van der Waals surface area contributed by atoms with Crippen molar-refractivity contribution >= 4 is 62.1 Å². The van der Waals surface area contributed by atoms with Crippen molar-refractivity contribution < 1.29 is 9.59 Å². The van der Waals surface area contributed by atoms with E-state index in [2.05, 4.69) is 5.32 Å². The summed E-state index contributed by atoms with van der Waals surface area (Å²) in [6.45, 7) is 0. The summed E-state index contributed by atoms with van der Waals surface area (Å²) in [5, 5.41) is 4.51. The summed E-state index contributed by atoms with van der Waals surface area (Å²) >= 11 is 13.5. The minimum Gasteiger partial charge on any atom is -0.366 e. The number of rotatable bonds is 3. The van der Waals surface area contributed by atoms with Gasteiger partial charge in [-0.2, -0.15) is 0 Å². The quantitative estimate of drug-likeness (QED) is 0.714. The van der Waals surface area contributed by atoms with E-state index in [0.717, 1.165) is 10.1 Å². The molecule has 3 rings (SSSR count). The Bertz CT molecular complexity index is 920. The highest BCUT2D eigenvalue weighted by molar-refractivity contribution is 7.21. The summed E-state index contributed by atoms with van der Waals surface area (Å²) in [6, 6.07) is 11.6. The number of thiophene rings is 1. The molecule has 2 amide bonds. The summed E-state index contributed by atoms with van der Waals surface area (Å²) in [7, 11) is 0. The Morgan fingerprint density at radius 3 is 2.39 bits per heavy atom. The van der Waals surface area contributed by atoms with Gasteiger partial charge in [0.2, 0.25) is 5.91 Å². The second-order valence-corrected chi connectivity index (χ2v) is 6.65. The number of benzene rings is 2. The molecule has 0 radical (unpaired) electrons. The summed E-state index contributed by atoms with van der Waals surface area (Å²) in [5.74, 6) is -0.841. The Morgan fingerprint density at radius 1 is 1.04 bits per heavy atom. The molecule has 3 aromatic rings. The van der Waals surface area contributed by atoms with Crippen LogP contribution in [0.5, 0.6) is 0 Å². The maximum Gasteiger partial charge on any atom is 0.267 e. The summed E-state index contributed by atoms with van der Waals surface area (Å²) in [6.07, 6.45) is 0. The first-order valence-corrected chi connectivity index (χ1v) is 8.11. The molecule has 0 bridgehead atoms. The van der Waals surface area contributed by atoms with Crippen LogP contribution in [-0.4, -0.2) is 11.8 Å². The zero-order chi connectivity index (χ0) is 16.6. The maximum absolute atomic E-state index is 12.4. The van der Waals surface area contributed by atoms with Crippen LogP contribution in [0.3, 0.4) is 0 Å². The molecule has 7 heteroatoms. The number of nitrogens with two attached hydrogens (primary N) is 1. The molecule has 0 fully saturated rings. The molecule has 0 aliphatic carbocycles. The standard InChI is InChI=1S/C16H10Cl2N2O2S/c17-9-3-6-11-12(7-9)23-14(13(11)18)16(22)20-10-4-1-8(2-5-10)15(19)21/h1-7H,(H2,19,21)(H,20,22). The van der Waals surface area contributed by atoms with Gasteiger partial charge < -0.3 is 11.1 Å². The molecular formula is C16H10Cl2N2O2S. The van der Waals surface area contributed by atoms with Gasteiger partial charge in [0.15, 0.2) is 0 Å². The first-order chi connectivity index (χ1) is 11.0. The molecule has 4 nitrogen and oxygen atoms in total. The first kappa shape index (κ1) is 15.8. The minimum absolute atomic E-state index is 0.320. The third-order valence-corrected chi connectivity index (χ3v) is 5.12. The van der Waals surface area contributed by atoms with Crippen LogP contribution in [0.2, 0.25) is 10.0 Å². The molecule has 0 unspecified atom stereocenters. The van der Waals surface area contributed by atoms with E-state index in [-0.39, 0.29) is 5.91 Å². The number of fused-ring (bicyclic) bond motifs is 1. The fraction of sp³-hybridized carbons (Fsp3) is 0. The number of anilines is 1. The van der Waals surface area contributed by atoms with Gasteiger partial charge >= 0.3 is 0 Å². The SMILES string of the molecule is NC(=O)c1ccc(NC(=O)c2sc3cc(Cl)ccc3c2Cl)cc1. The van der Waals surface area contributed by atoms with Crippen LogP contribution < -0.4 is 11.1 Å². The van der Waals surface area contributed by atoms with Gasteiger partial charge in [0.25, 0.3) is 5.91 Å². The number of nitrogens with one attached hydrogen (secondary N) is 1. The molecule has 2 aromatic carbocycles. The molecular weight excluding hydrogens is 355 g/mol. The summed E-state index contributed by atoms with van der Waals surface area (Å²) < 4.78 is 0.844. The Balaban J connectivity index is 1.88. The monoisotopic (exact) mass is 364 g/mol. The second-order valence-electron chi connectivity index (χ2n) is 4.78. The third-order valence-electron chi connectivity index (χ3n) is 3.23. The van der Waals surface area contributed by atoms with E-state index in [1.807, 2.05) is 0 Å². The van der Waals surface area contributed by atoms with Crippen LogP contribution in [0.1, 0.15) is 20.0 Å². The van der Waals surface area contributed by atoms with Crippen LogP contribution in [0.15, 0.2) is 42.5 Å². The largest absolute Gasteiger partial charge is 0.366 e. The number of primary amides is 1. The molecule has 0 spiro atoms. The molecule has 0 atom stereocenters. The average molecular weight is 365 g/mol. The predicted octanol–water partition coefficient (Wildman–Crippen LogP) is 4.56. The Morgan fingerprint density at radius 2 is 1.74 bits per heavy atom. The summed E-state index contributed by atoms with van der Waals surface area (Å²) in [5.41, 5.74) is 6.10. The van der Waals surface area contributed by atoms with Crippen molar-refractivity contribution in [2.24, 2.45) is 5.73 Å². The van der Waals surface area contributed by atoms with Crippen molar-refractivity contribution in [1.29, 1.82) is 0 Å². The number of carbonyl (C=O) groups excluding carboxylic acids is 2. The molecule has 1 heterocycles. The molecule has 3 N–H and O–H groups in total. The van der Waals surface area contributed by atoms with Gasteiger partial charge in [-0.25, -0.2) is 0 Å². The number of halogens is 2. The van der Waals surface area contributed by atoms with Gasteiger partial charge in [-0.05, 0) is 36.4 Å². The van der Waals surface area contributed by atoms with Crippen LogP contribution in [0, 0.1) is 0 Å². The highest BCUT2D eigenvalue weighted by atomic mass is 35.5. The van der Waals surface area contributed by atoms with Gasteiger partial charge in [-0.3, -0.25) is 9.59 Å². The maximum atomic E-state index is 12.4. The lowest BCUT2D eigenvalue weighted by Crippen LogP contribution is -2.12. The average Bonchev–Trinajstić information content (AvgIpc) is 2.84. The molecule has 0 aliphatic heterocycles. The van der Waals surface area contributed by atoms with Gasteiger partial charge in [0.05, 0.1) is 5.02 Å². The predicted molar refractivity (Wildman–Crippen MR) is 94.8 cm³/mol. The van der Waals surface area contributed by atoms with Crippen molar-refractivity contribution in [2.45, 2.75) is 0 Å². The smallest absolute Gasteiger partial charge is 0.267 e. The Labute approximate surface area is 145 Å². The molecule has 0 saturated carbocycles. The van der Waals surface area contributed by atoms with Crippen LogP contribution in [-0.2, 0) is 0 Å². The van der Waals surface area contributed by atoms with Crippen LogP contribution in [0.25, 0.3) is 10.1 Å². The van der Waals surface area contributed by atoms with E-state index >= 15 is 0 Å². The van der Waals surface area contributed by atoms with Crippen molar-refractivity contribution in [3.05, 3.63) is 63.0 Å². The van der Waals surface area contributed by atoms with E-state index < -0.39 is 5.91 Å². The lowest BCUT2D eigenvalue weighted by atomic mass is 10.2. The van der Waals surface area contributed by atoms with Crippen molar-refractivity contribution in [2.75, 3.05) is 5.32 Å². The van der Waals surface area contributed by atoms with Crippen molar-refractivity contribution in [3.8, 4) is 0 Å². The normalized spacial score (nSPS) is 10.7. The van der Waals surface area contributed by atoms with Crippen LogP contribution >= 0.6 is 34.5 Å². The van der Waals surface area contributed by atoms with Gasteiger partial charge in [-0.15, -0.1) is 11.3 Å². The van der Waals surface area contributed by atoms with Gasteiger partial charge in [-0.1, -0.05) is 29.3 Å². The fourth-order valence-corrected chi connectivity index (χ4v) is 3.78. The molecule has 0 saturated heterocycles. The molecule has 116 valence electrons. The zero-order valence-electron chi connectivity index (χ0n) is 11.6. The van der Waals surface area contributed by atoms with Gasteiger partial charge in [0, 0.05) is 26.4 Å². The Kier molecular flexibility index (Phi) is 4.26. The van der Waals surface area contributed by atoms with E-state index in [9.17, 15) is 9.59 Å². The highest BCUT2D eigenvalue weighted by Gasteiger charge is 2.17. The topological polar surface area (TPSA) is 72.2 Å². The highest BCUT2D eigenvalue weighted by Crippen LogP contribution is 2.37.